The Bertz CT molecular complexity index is 470. The van der Waals surface area contributed by atoms with Crippen LogP contribution in [0.25, 0.3) is 0 Å². The number of carbonyl (C=O) groups is 1. The summed E-state index contributed by atoms with van der Waals surface area (Å²) in [5.41, 5.74) is 2.88. The number of likely N-dealkylation sites (tertiary alicyclic amines) is 1. The Labute approximate surface area is 116 Å². The fraction of sp³-hybridized carbons (Fsp3) is 0.562. The molecule has 1 aromatic rings. The average molecular weight is 260 g/mol. The summed E-state index contributed by atoms with van der Waals surface area (Å²) in [5.74, 6) is 0.740. The summed E-state index contributed by atoms with van der Waals surface area (Å²) in [5, 5.41) is 3.13. The number of amides is 1. The van der Waals surface area contributed by atoms with Gasteiger partial charge in [0.15, 0.2) is 0 Å². The lowest BCUT2D eigenvalue weighted by atomic mass is 9.91. The molecule has 0 radical (unpaired) electrons. The SMILES string of the molecule is CNc1cc(C)ccc1C(=O)N1CCCC(C)C1C. The summed E-state index contributed by atoms with van der Waals surface area (Å²) in [4.78, 5) is 14.8. The van der Waals surface area contributed by atoms with Crippen LogP contribution in [0.2, 0.25) is 0 Å². The largest absolute Gasteiger partial charge is 0.387 e. The predicted molar refractivity (Wildman–Crippen MR) is 79.6 cm³/mol. The molecule has 1 aliphatic heterocycles. The number of piperidine rings is 1. The molecule has 2 rings (SSSR count). The van der Waals surface area contributed by atoms with E-state index in [0.717, 1.165) is 24.2 Å². The highest BCUT2D eigenvalue weighted by atomic mass is 16.2. The molecule has 1 aliphatic rings. The zero-order valence-electron chi connectivity index (χ0n) is 12.4. The molecule has 1 saturated heterocycles. The monoisotopic (exact) mass is 260 g/mol. The summed E-state index contributed by atoms with van der Waals surface area (Å²) in [6.45, 7) is 7.31. The second kappa shape index (κ2) is 5.64. The van der Waals surface area contributed by atoms with E-state index >= 15 is 0 Å². The second-order valence-corrected chi connectivity index (χ2v) is 5.66. The van der Waals surface area contributed by atoms with Crippen molar-refractivity contribution in [3.63, 3.8) is 0 Å². The lowest BCUT2D eigenvalue weighted by molar-refractivity contribution is 0.0552. The van der Waals surface area contributed by atoms with E-state index < -0.39 is 0 Å². The van der Waals surface area contributed by atoms with Gasteiger partial charge in [0.05, 0.1) is 5.56 Å². The molecule has 0 aliphatic carbocycles. The van der Waals surface area contributed by atoms with Crippen molar-refractivity contribution in [2.24, 2.45) is 5.92 Å². The van der Waals surface area contributed by atoms with E-state index in [1.807, 2.05) is 37.1 Å². The van der Waals surface area contributed by atoms with E-state index in [4.69, 9.17) is 0 Å². The Morgan fingerprint density at radius 2 is 2.11 bits per heavy atom. The number of nitrogens with one attached hydrogen (secondary N) is 1. The molecule has 0 aromatic heterocycles. The van der Waals surface area contributed by atoms with Crippen LogP contribution in [0.5, 0.6) is 0 Å². The van der Waals surface area contributed by atoms with Crippen LogP contribution >= 0.6 is 0 Å². The molecule has 1 aromatic carbocycles. The molecule has 2 atom stereocenters. The fourth-order valence-electron chi connectivity index (χ4n) is 2.83. The van der Waals surface area contributed by atoms with Gasteiger partial charge in [-0.15, -0.1) is 0 Å². The first-order valence-electron chi connectivity index (χ1n) is 7.14. The van der Waals surface area contributed by atoms with Crippen molar-refractivity contribution in [3.05, 3.63) is 29.3 Å². The van der Waals surface area contributed by atoms with E-state index in [9.17, 15) is 4.79 Å². The quantitative estimate of drug-likeness (QED) is 0.885. The predicted octanol–water partition coefficient (Wildman–Crippen LogP) is 3.30. The third-order valence-electron chi connectivity index (χ3n) is 4.31. The van der Waals surface area contributed by atoms with Crippen molar-refractivity contribution >= 4 is 11.6 Å². The molecule has 3 heteroatoms. The van der Waals surface area contributed by atoms with Crippen molar-refractivity contribution in [1.82, 2.24) is 4.90 Å². The van der Waals surface area contributed by atoms with Crippen LogP contribution < -0.4 is 5.32 Å². The molecular weight excluding hydrogens is 236 g/mol. The number of aryl methyl sites for hydroxylation is 1. The average Bonchev–Trinajstić information content (AvgIpc) is 2.41. The van der Waals surface area contributed by atoms with E-state index in [-0.39, 0.29) is 5.91 Å². The van der Waals surface area contributed by atoms with Crippen LogP contribution in [0.4, 0.5) is 5.69 Å². The van der Waals surface area contributed by atoms with Gasteiger partial charge in [-0.3, -0.25) is 4.79 Å². The van der Waals surface area contributed by atoms with Crippen LogP contribution in [0.3, 0.4) is 0 Å². The van der Waals surface area contributed by atoms with E-state index in [2.05, 4.69) is 19.2 Å². The molecule has 0 spiro atoms. The maximum absolute atomic E-state index is 12.7. The second-order valence-electron chi connectivity index (χ2n) is 5.66. The smallest absolute Gasteiger partial charge is 0.256 e. The molecule has 2 unspecified atom stereocenters. The Kier molecular flexibility index (Phi) is 4.13. The zero-order valence-corrected chi connectivity index (χ0v) is 12.4. The van der Waals surface area contributed by atoms with Crippen molar-refractivity contribution in [3.8, 4) is 0 Å². The molecule has 0 saturated carbocycles. The summed E-state index contributed by atoms with van der Waals surface area (Å²) in [7, 11) is 1.87. The van der Waals surface area contributed by atoms with Crippen molar-refractivity contribution in [1.29, 1.82) is 0 Å². The van der Waals surface area contributed by atoms with Crippen LogP contribution in [-0.4, -0.2) is 30.4 Å². The van der Waals surface area contributed by atoms with Crippen molar-refractivity contribution in [2.45, 2.75) is 39.7 Å². The van der Waals surface area contributed by atoms with Crippen LogP contribution in [0.15, 0.2) is 18.2 Å². The van der Waals surface area contributed by atoms with Gasteiger partial charge in [-0.25, -0.2) is 0 Å². The molecule has 1 heterocycles. The van der Waals surface area contributed by atoms with Gasteiger partial charge in [0.25, 0.3) is 5.91 Å². The normalized spacial score (nSPS) is 23.3. The first-order valence-corrected chi connectivity index (χ1v) is 7.14. The minimum atomic E-state index is 0.156. The number of carbonyl (C=O) groups excluding carboxylic acids is 1. The van der Waals surface area contributed by atoms with Crippen molar-refractivity contribution < 1.29 is 4.79 Å². The number of hydrogen-bond acceptors (Lipinski definition) is 2. The molecule has 19 heavy (non-hydrogen) atoms. The van der Waals surface area contributed by atoms with Gasteiger partial charge in [-0.2, -0.15) is 0 Å². The van der Waals surface area contributed by atoms with Gasteiger partial charge in [0.1, 0.15) is 0 Å². The van der Waals surface area contributed by atoms with Gasteiger partial charge < -0.3 is 10.2 Å². The molecule has 1 fully saturated rings. The molecule has 1 amide bonds. The Hall–Kier alpha value is -1.51. The first-order chi connectivity index (χ1) is 9.04. The molecule has 104 valence electrons. The number of benzene rings is 1. The lowest BCUT2D eigenvalue weighted by Gasteiger charge is -2.38. The van der Waals surface area contributed by atoms with Gasteiger partial charge in [0.2, 0.25) is 0 Å². The van der Waals surface area contributed by atoms with Gasteiger partial charge >= 0.3 is 0 Å². The maximum atomic E-state index is 12.7. The minimum absolute atomic E-state index is 0.156. The maximum Gasteiger partial charge on any atom is 0.256 e. The van der Waals surface area contributed by atoms with E-state index in [1.54, 1.807) is 0 Å². The standard InChI is InChI=1S/C16H24N2O/c1-11-7-8-14(15(10-11)17-4)16(19)18-9-5-6-12(2)13(18)3/h7-8,10,12-13,17H,5-6,9H2,1-4H3. The zero-order chi connectivity index (χ0) is 14.0. The summed E-state index contributed by atoms with van der Waals surface area (Å²) in [6, 6.07) is 6.31. The number of nitrogens with zero attached hydrogens (tertiary/aromatic N) is 1. The third kappa shape index (κ3) is 2.75. The number of anilines is 1. The Morgan fingerprint density at radius 3 is 2.79 bits per heavy atom. The Morgan fingerprint density at radius 1 is 1.37 bits per heavy atom. The van der Waals surface area contributed by atoms with Crippen LogP contribution in [-0.2, 0) is 0 Å². The summed E-state index contributed by atoms with van der Waals surface area (Å²) in [6.07, 6.45) is 2.33. The molecule has 1 N–H and O–H groups in total. The molecular formula is C16H24N2O. The summed E-state index contributed by atoms with van der Waals surface area (Å²) < 4.78 is 0. The first kappa shape index (κ1) is 13.9. The fourth-order valence-corrected chi connectivity index (χ4v) is 2.83. The summed E-state index contributed by atoms with van der Waals surface area (Å²) >= 11 is 0. The third-order valence-corrected chi connectivity index (χ3v) is 4.31. The highest BCUT2D eigenvalue weighted by Gasteiger charge is 2.29. The molecule has 3 nitrogen and oxygen atoms in total. The van der Waals surface area contributed by atoms with Crippen molar-refractivity contribution in [2.75, 3.05) is 18.9 Å². The lowest BCUT2D eigenvalue weighted by Crippen LogP contribution is -2.46. The highest BCUT2D eigenvalue weighted by Crippen LogP contribution is 2.27. The van der Waals surface area contributed by atoms with Gasteiger partial charge in [-0.05, 0) is 50.3 Å². The van der Waals surface area contributed by atoms with E-state index in [1.165, 1.54) is 12.0 Å². The Balaban J connectivity index is 2.28. The van der Waals surface area contributed by atoms with Gasteiger partial charge in [-0.1, -0.05) is 13.0 Å². The number of hydrogen-bond donors (Lipinski definition) is 1. The highest BCUT2D eigenvalue weighted by molar-refractivity contribution is 6.00. The topological polar surface area (TPSA) is 32.3 Å². The minimum Gasteiger partial charge on any atom is -0.387 e. The van der Waals surface area contributed by atoms with E-state index in [0.29, 0.717) is 12.0 Å². The van der Waals surface area contributed by atoms with Crippen LogP contribution in [0, 0.1) is 12.8 Å². The number of rotatable bonds is 2. The van der Waals surface area contributed by atoms with Crippen LogP contribution in [0.1, 0.15) is 42.6 Å². The van der Waals surface area contributed by atoms with Gasteiger partial charge in [0, 0.05) is 25.3 Å². The molecule has 0 bridgehead atoms.